The highest BCUT2D eigenvalue weighted by Crippen LogP contribution is 2.26. The van der Waals surface area contributed by atoms with Crippen LogP contribution in [0, 0.1) is 5.92 Å². The number of hydrogen-bond acceptors (Lipinski definition) is 3. The first-order valence-corrected chi connectivity index (χ1v) is 8.02. The van der Waals surface area contributed by atoms with Crippen LogP contribution >= 0.6 is 0 Å². The lowest BCUT2D eigenvalue weighted by Gasteiger charge is -2.32. The van der Waals surface area contributed by atoms with Crippen molar-refractivity contribution < 1.29 is 0 Å². The van der Waals surface area contributed by atoms with Gasteiger partial charge in [0.05, 0.1) is 0 Å². The Balaban J connectivity index is 1.46. The van der Waals surface area contributed by atoms with E-state index in [2.05, 4.69) is 22.5 Å². The third kappa shape index (κ3) is 4.87. The molecule has 1 aliphatic heterocycles. The first-order chi connectivity index (χ1) is 8.86. The van der Waals surface area contributed by atoms with Crippen molar-refractivity contribution in [2.45, 2.75) is 51.5 Å². The predicted molar refractivity (Wildman–Crippen MR) is 78.0 cm³/mol. The minimum absolute atomic E-state index is 0.742. The molecule has 1 aliphatic carbocycles. The number of hydrogen-bond donors (Lipinski definition) is 2. The average Bonchev–Trinajstić information content (AvgIpc) is 2.92. The number of nitrogens with one attached hydrogen (secondary N) is 2. The van der Waals surface area contributed by atoms with Crippen LogP contribution in [-0.4, -0.2) is 50.2 Å². The van der Waals surface area contributed by atoms with E-state index in [1.807, 2.05) is 0 Å². The number of piperazine rings is 1. The minimum Gasteiger partial charge on any atom is -0.317 e. The van der Waals surface area contributed by atoms with Gasteiger partial charge in [0.15, 0.2) is 0 Å². The molecule has 0 amide bonds. The Morgan fingerprint density at radius 2 is 1.89 bits per heavy atom. The van der Waals surface area contributed by atoms with E-state index in [4.69, 9.17) is 0 Å². The van der Waals surface area contributed by atoms with Crippen LogP contribution in [-0.2, 0) is 0 Å². The van der Waals surface area contributed by atoms with E-state index in [1.165, 1.54) is 77.8 Å². The Labute approximate surface area is 113 Å². The smallest absolute Gasteiger partial charge is 0.0110 e. The lowest BCUT2D eigenvalue weighted by Crippen LogP contribution is -2.48. The fraction of sp³-hybridized carbons (Fsp3) is 1.00. The summed E-state index contributed by atoms with van der Waals surface area (Å²) >= 11 is 0. The summed E-state index contributed by atoms with van der Waals surface area (Å²) in [6.07, 6.45) is 8.62. The molecule has 0 aromatic rings. The van der Waals surface area contributed by atoms with Crippen molar-refractivity contribution >= 4 is 0 Å². The van der Waals surface area contributed by atoms with Crippen molar-refractivity contribution in [3.05, 3.63) is 0 Å². The molecule has 0 spiro atoms. The highest BCUT2D eigenvalue weighted by atomic mass is 15.2. The van der Waals surface area contributed by atoms with Gasteiger partial charge in [0.1, 0.15) is 0 Å². The van der Waals surface area contributed by atoms with Gasteiger partial charge in [-0.05, 0) is 38.8 Å². The Kier molecular flexibility index (Phi) is 6.46. The maximum Gasteiger partial charge on any atom is 0.0110 e. The average molecular weight is 253 g/mol. The van der Waals surface area contributed by atoms with Crippen LogP contribution in [0.3, 0.4) is 0 Å². The summed E-state index contributed by atoms with van der Waals surface area (Å²) in [5, 5.41) is 7.06. The molecule has 3 nitrogen and oxygen atoms in total. The molecule has 2 fully saturated rings. The second-order valence-corrected chi connectivity index (χ2v) is 6.11. The minimum atomic E-state index is 0.742. The van der Waals surface area contributed by atoms with Gasteiger partial charge in [-0.15, -0.1) is 0 Å². The largest absolute Gasteiger partial charge is 0.317 e. The normalized spacial score (nSPS) is 24.5. The van der Waals surface area contributed by atoms with Crippen LogP contribution < -0.4 is 10.6 Å². The zero-order chi connectivity index (χ0) is 12.6. The molecule has 2 aliphatic rings. The summed E-state index contributed by atoms with van der Waals surface area (Å²) in [5.74, 6) is 1.03. The van der Waals surface area contributed by atoms with Gasteiger partial charge >= 0.3 is 0 Å². The third-order valence-corrected chi connectivity index (χ3v) is 4.72. The molecule has 3 heteroatoms. The fourth-order valence-corrected chi connectivity index (χ4v) is 3.35. The monoisotopic (exact) mass is 253 g/mol. The summed E-state index contributed by atoms with van der Waals surface area (Å²) in [7, 11) is 0. The van der Waals surface area contributed by atoms with Gasteiger partial charge < -0.3 is 10.6 Å². The molecule has 2 N–H and O–H groups in total. The summed E-state index contributed by atoms with van der Waals surface area (Å²) in [6, 6.07) is 0.742. The maximum absolute atomic E-state index is 3.64. The quantitative estimate of drug-likeness (QED) is 0.678. The van der Waals surface area contributed by atoms with Gasteiger partial charge in [0.25, 0.3) is 0 Å². The van der Waals surface area contributed by atoms with Crippen molar-refractivity contribution in [2.24, 2.45) is 5.92 Å². The van der Waals surface area contributed by atoms with Gasteiger partial charge in [-0.25, -0.2) is 0 Å². The van der Waals surface area contributed by atoms with Crippen LogP contribution in [0.4, 0.5) is 0 Å². The second kappa shape index (κ2) is 8.13. The third-order valence-electron chi connectivity index (χ3n) is 4.72. The lowest BCUT2D eigenvalue weighted by molar-refractivity contribution is 0.176. The Morgan fingerprint density at radius 3 is 2.61 bits per heavy atom. The SMILES string of the molecule is CC(CCNCCC1CCCC1)N1CCNCC1. The van der Waals surface area contributed by atoms with E-state index < -0.39 is 0 Å². The van der Waals surface area contributed by atoms with E-state index in [0.717, 1.165) is 12.0 Å². The lowest BCUT2D eigenvalue weighted by atomic mass is 10.0. The van der Waals surface area contributed by atoms with Crippen molar-refractivity contribution in [3.63, 3.8) is 0 Å². The van der Waals surface area contributed by atoms with E-state index in [0.29, 0.717) is 0 Å². The molecule has 1 heterocycles. The topological polar surface area (TPSA) is 27.3 Å². The van der Waals surface area contributed by atoms with E-state index >= 15 is 0 Å². The highest BCUT2D eigenvalue weighted by Gasteiger charge is 2.16. The molecule has 1 saturated heterocycles. The molecule has 1 atom stereocenters. The molecular formula is C15H31N3. The van der Waals surface area contributed by atoms with Gasteiger partial charge in [0.2, 0.25) is 0 Å². The van der Waals surface area contributed by atoms with Crippen LogP contribution in [0.2, 0.25) is 0 Å². The van der Waals surface area contributed by atoms with Crippen LogP contribution in [0.25, 0.3) is 0 Å². The standard InChI is InChI=1S/C15H31N3/c1-14(18-12-10-17-11-13-18)6-8-16-9-7-15-4-2-3-5-15/h14-17H,2-13H2,1H3. The van der Waals surface area contributed by atoms with Crippen molar-refractivity contribution in [1.29, 1.82) is 0 Å². The molecular weight excluding hydrogens is 222 g/mol. The second-order valence-electron chi connectivity index (χ2n) is 6.11. The molecule has 0 bridgehead atoms. The molecule has 2 rings (SSSR count). The van der Waals surface area contributed by atoms with E-state index in [-0.39, 0.29) is 0 Å². The van der Waals surface area contributed by atoms with Gasteiger partial charge in [0, 0.05) is 32.2 Å². The Morgan fingerprint density at radius 1 is 1.17 bits per heavy atom. The summed E-state index contributed by atoms with van der Waals surface area (Å²) in [6.45, 7) is 9.59. The zero-order valence-corrected chi connectivity index (χ0v) is 12.1. The van der Waals surface area contributed by atoms with Crippen molar-refractivity contribution in [1.82, 2.24) is 15.5 Å². The molecule has 0 aromatic carbocycles. The zero-order valence-electron chi connectivity index (χ0n) is 12.1. The highest BCUT2D eigenvalue weighted by molar-refractivity contribution is 4.74. The van der Waals surface area contributed by atoms with Crippen molar-refractivity contribution in [2.75, 3.05) is 39.3 Å². The van der Waals surface area contributed by atoms with Gasteiger partial charge in [-0.1, -0.05) is 25.7 Å². The molecule has 1 unspecified atom stereocenters. The van der Waals surface area contributed by atoms with Gasteiger partial charge in [-0.3, -0.25) is 4.90 Å². The van der Waals surface area contributed by atoms with E-state index in [9.17, 15) is 0 Å². The predicted octanol–water partition coefficient (Wildman–Crippen LogP) is 1.84. The maximum atomic E-state index is 3.64. The van der Waals surface area contributed by atoms with Gasteiger partial charge in [-0.2, -0.15) is 0 Å². The molecule has 1 saturated carbocycles. The molecule has 0 aromatic heterocycles. The Hall–Kier alpha value is -0.120. The first kappa shape index (κ1) is 14.3. The Bertz CT molecular complexity index is 208. The van der Waals surface area contributed by atoms with Crippen LogP contribution in [0.5, 0.6) is 0 Å². The summed E-state index contributed by atoms with van der Waals surface area (Å²) in [5.41, 5.74) is 0. The fourth-order valence-electron chi connectivity index (χ4n) is 3.35. The molecule has 18 heavy (non-hydrogen) atoms. The summed E-state index contributed by atoms with van der Waals surface area (Å²) in [4.78, 5) is 2.62. The number of nitrogens with zero attached hydrogens (tertiary/aromatic N) is 1. The number of rotatable bonds is 7. The molecule has 106 valence electrons. The van der Waals surface area contributed by atoms with E-state index in [1.54, 1.807) is 0 Å². The first-order valence-electron chi connectivity index (χ1n) is 8.02. The van der Waals surface area contributed by atoms with Crippen molar-refractivity contribution in [3.8, 4) is 0 Å². The molecule has 0 radical (unpaired) electrons. The van der Waals surface area contributed by atoms with Crippen LogP contribution in [0.15, 0.2) is 0 Å². The summed E-state index contributed by atoms with van der Waals surface area (Å²) < 4.78 is 0. The van der Waals surface area contributed by atoms with Crippen LogP contribution in [0.1, 0.15) is 45.4 Å².